The quantitative estimate of drug-likeness (QED) is 0.470. The molecule has 0 aromatic carbocycles. The smallest absolute Gasteiger partial charge is 0.191 e. The summed E-state index contributed by atoms with van der Waals surface area (Å²) in [5.74, 6) is 1.59. The van der Waals surface area contributed by atoms with Gasteiger partial charge in [0.1, 0.15) is 5.15 Å². The molecule has 5 nitrogen and oxygen atoms in total. The fourth-order valence-electron chi connectivity index (χ4n) is 5.22. The third-order valence-corrected chi connectivity index (χ3v) is 6.61. The number of hydrogen-bond donors (Lipinski definition) is 2. The van der Waals surface area contributed by atoms with Gasteiger partial charge in [-0.05, 0) is 44.2 Å². The summed E-state index contributed by atoms with van der Waals surface area (Å²) in [6.07, 6.45) is 9.61. The van der Waals surface area contributed by atoms with E-state index in [0.717, 1.165) is 37.6 Å². The first-order valence-electron chi connectivity index (χ1n) is 10.00. The van der Waals surface area contributed by atoms with Gasteiger partial charge in [-0.3, -0.25) is 4.99 Å². The van der Waals surface area contributed by atoms with Crippen LogP contribution in [-0.4, -0.2) is 42.8 Å². The summed E-state index contributed by atoms with van der Waals surface area (Å²) in [7, 11) is 0. The van der Waals surface area contributed by atoms with Crippen molar-refractivity contribution < 1.29 is 4.74 Å². The van der Waals surface area contributed by atoms with Gasteiger partial charge in [-0.1, -0.05) is 30.5 Å². The normalized spacial score (nSPS) is 29.5. The standard InChI is InChI=1S/C20H29ClN4O/c1-2-22-19(23-11-7-14-5-6-16(21)24-13-14)25-17-15-8-12-26-18(15)20(17)9-3-4-10-20/h5-6,13,15,17-18H,2-4,7-12H2,1H3,(H2,22,23,25). The molecule has 4 rings (SSSR count). The van der Waals surface area contributed by atoms with Crippen LogP contribution in [0.2, 0.25) is 5.15 Å². The van der Waals surface area contributed by atoms with E-state index in [4.69, 9.17) is 21.3 Å². The second kappa shape index (κ2) is 7.73. The van der Waals surface area contributed by atoms with Gasteiger partial charge in [-0.15, -0.1) is 0 Å². The predicted molar refractivity (Wildman–Crippen MR) is 105 cm³/mol. The molecule has 3 atom stereocenters. The number of nitrogens with zero attached hydrogens (tertiary/aromatic N) is 2. The molecule has 2 heterocycles. The van der Waals surface area contributed by atoms with Gasteiger partial charge in [0.25, 0.3) is 0 Å². The Kier molecular flexibility index (Phi) is 5.37. The van der Waals surface area contributed by atoms with Gasteiger partial charge in [-0.25, -0.2) is 4.98 Å². The van der Waals surface area contributed by atoms with E-state index in [-0.39, 0.29) is 0 Å². The largest absolute Gasteiger partial charge is 0.377 e. The van der Waals surface area contributed by atoms with Gasteiger partial charge in [0.05, 0.1) is 6.10 Å². The molecule has 2 N–H and O–H groups in total. The topological polar surface area (TPSA) is 58.5 Å². The van der Waals surface area contributed by atoms with Crippen molar-refractivity contribution in [1.29, 1.82) is 0 Å². The highest BCUT2D eigenvalue weighted by molar-refractivity contribution is 6.29. The van der Waals surface area contributed by atoms with Crippen molar-refractivity contribution in [2.45, 2.75) is 57.6 Å². The van der Waals surface area contributed by atoms with E-state index in [1.54, 1.807) is 0 Å². The Labute approximate surface area is 161 Å². The summed E-state index contributed by atoms with van der Waals surface area (Å²) >= 11 is 5.85. The van der Waals surface area contributed by atoms with Crippen molar-refractivity contribution in [3.63, 3.8) is 0 Å². The van der Waals surface area contributed by atoms with Gasteiger partial charge < -0.3 is 15.4 Å². The molecule has 2 saturated carbocycles. The Hall–Kier alpha value is -1.33. The highest BCUT2D eigenvalue weighted by Gasteiger charge is 2.65. The molecule has 1 aliphatic heterocycles. The predicted octanol–water partition coefficient (Wildman–Crippen LogP) is 3.18. The lowest BCUT2D eigenvalue weighted by molar-refractivity contribution is -0.125. The van der Waals surface area contributed by atoms with Gasteiger partial charge in [0.2, 0.25) is 0 Å². The highest BCUT2D eigenvalue weighted by atomic mass is 35.5. The lowest BCUT2D eigenvalue weighted by Crippen LogP contribution is -2.69. The first-order chi connectivity index (χ1) is 12.7. The zero-order valence-corrected chi connectivity index (χ0v) is 16.3. The zero-order valence-electron chi connectivity index (χ0n) is 15.5. The van der Waals surface area contributed by atoms with Crippen LogP contribution in [0, 0.1) is 11.3 Å². The number of aliphatic imine (C=N–C) groups is 1. The van der Waals surface area contributed by atoms with Crippen LogP contribution in [0.5, 0.6) is 0 Å². The van der Waals surface area contributed by atoms with Crippen LogP contribution in [0.25, 0.3) is 0 Å². The number of fused-ring (bicyclic) bond motifs is 2. The Morgan fingerprint density at radius 3 is 2.96 bits per heavy atom. The van der Waals surface area contributed by atoms with Gasteiger partial charge in [0.15, 0.2) is 5.96 Å². The molecule has 26 heavy (non-hydrogen) atoms. The molecular formula is C20H29ClN4O. The SMILES string of the molecule is CCNC(=NCCc1ccc(Cl)nc1)NC1C2CCOC2C12CCCC2. The van der Waals surface area contributed by atoms with Crippen LogP contribution in [0.4, 0.5) is 0 Å². The summed E-state index contributed by atoms with van der Waals surface area (Å²) in [4.78, 5) is 8.95. The third-order valence-electron chi connectivity index (χ3n) is 6.38. The number of ether oxygens (including phenoxy) is 1. The average Bonchev–Trinajstić information content (AvgIpc) is 3.30. The molecule has 3 fully saturated rings. The molecule has 0 radical (unpaired) electrons. The van der Waals surface area contributed by atoms with Crippen molar-refractivity contribution in [3.8, 4) is 0 Å². The Bertz CT molecular complexity index is 642. The fraction of sp³-hybridized carbons (Fsp3) is 0.700. The maximum atomic E-state index is 6.09. The average molecular weight is 377 g/mol. The van der Waals surface area contributed by atoms with E-state index in [1.807, 2.05) is 18.3 Å². The van der Waals surface area contributed by atoms with Crippen molar-refractivity contribution in [1.82, 2.24) is 15.6 Å². The maximum Gasteiger partial charge on any atom is 0.191 e. The van der Waals surface area contributed by atoms with Crippen LogP contribution in [0.15, 0.2) is 23.3 Å². The van der Waals surface area contributed by atoms with Crippen LogP contribution < -0.4 is 10.6 Å². The van der Waals surface area contributed by atoms with Gasteiger partial charge >= 0.3 is 0 Å². The number of nitrogens with one attached hydrogen (secondary N) is 2. The number of hydrogen-bond acceptors (Lipinski definition) is 3. The van der Waals surface area contributed by atoms with Crippen molar-refractivity contribution in [3.05, 3.63) is 29.0 Å². The van der Waals surface area contributed by atoms with E-state index in [9.17, 15) is 0 Å². The monoisotopic (exact) mass is 376 g/mol. The molecule has 1 aromatic heterocycles. The number of halogens is 1. The zero-order chi connectivity index (χ0) is 18.0. The molecule has 3 aliphatic rings. The van der Waals surface area contributed by atoms with Crippen molar-refractivity contribution in [2.24, 2.45) is 16.3 Å². The number of aromatic nitrogens is 1. The first-order valence-corrected chi connectivity index (χ1v) is 10.4. The van der Waals surface area contributed by atoms with Gasteiger partial charge in [-0.2, -0.15) is 0 Å². The first kappa shape index (κ1) is 18.1. The summed E-state index contributed by atoms with van der Waals surface area (Å²) in [6.45, 7) is 4.65. The molecule has 6 heteroatoms. The van der Waals surface area contributed by atoms with Crippen LogP contribution >= 0.6 is 11.6 Å². The number of guanidine groups is 1. The summed E-state index contributed by atoms with van der Waals surface area (Å²) < 4.78 is 6.09. The van der Waals surface area contributed by atoms with Crippen LogP contribution in [0.1, 0.15) is 44.6 Å². The third kappa shape index (κ3) is 3.31. The molecule has 2 aliphatic carbocycles. The number of pyridine rings is 1. The second-order valence-corrected chi connectivity index (χ2v) is 8.19. The van der Waals surface area contributed by atoms with E-state index in [2.05, 4.69) is 22.5 Å². The Morgan fingerprint density at radius 1 is 1.38 bits per heavy atom. The van der Waals surface area contributed by atoms with E-state index in [0.29, 0.717) is 28.6 Å². The number of rotatable bonds is 5. The summed E-state index contributed by atoms with van der Waals surface area (Å²) in [5, 5.41) is 7.74. The molecule has 3 unspecified atom stereocenters. The minimum absolute atomic E-state index is 0.345. The lowest BCUT2D eigenvalue weighted by Gasteiger charge is -2.57. The van der Waals surface area contributed by atoms with Crippen molar-refractivity contribution in [2.75, 3.05) is 19.7 Å². The molecule has 1 aromatic rings. The Balaban J connectivity index is 1.40. The second-order valence-electron chi connectivity index (χ2n) is 7.81. The summed E-state index contributed by atoms with van der Waals surface area (Å²) in [5.41, 5.74) is 1.51. The van der Waals surface area contributed by atoms with Crippen LogP contribution in [-0.2, 0) is 11.2 Å². The van der Waals surface area contributed by atoms with E-state index < -0.39 is 0 Å². The highest BCUT2D eigenvalue weighted by Crippen LogP contribution is 2.60. The minimum atomic E-state index is 0.345. The molecule has 142 valence electrons. The van der Waals surface area contributed by atoms with E-state index >= 15 is 0 Å². The molecular weight excluding hydrogens is 348 g/mol. The Morgan fingerprint density at radius 2 is 2.23 bits per heavy atom. The lowest BCUT2D eigenvalue weighted by atomic mass is 9.54. The minimum Gasteiger partial charge on any atom is -0.377 e. The molecule has 0 bridgehead atoms. The van der Waals surface area contributed by atoms with Gasteiger partial charge in [0, 0.05) is 43.3 Å². The molecule has 1 spiro atoms. The molecule has 0 amide bonds. The van der Waals surface area contributed by atoms with Crippen LogP contribution in [0.3, 0.4) is 0 Å². The van der Waals surface area contributed by atoms with Crippen molar-refractivity contribution >= 4 is 17.6 Å². The molecule has 1 saturated heterocycles. The summed E-state index contributed by atoms with van der Waals surface area (Å²) in [6, 6.07) is 4.36. The fourth-order valence-corrected chi connectivity index (χ4v) is 5.33. The van der Waals surface area contributed by atoms with E-state index in [1.165, 1.54) is 32.1 Å². The maximum absolute atomic E-state index is 6.09.